The van der Waals surface area contributed by atoms with Crippen LogP contribution in [0.5, 0.6) is 0 Å². The zero-order chi connectivity index (χ0) is 41.4. The summed E-state index contributed by atoms with van der Waals surface area (Å²) in [6.07, 6.45) is 24.0. The van der Waals surface area contributed by atoms with E-state index in [1.165, 1.54) is 82.8 Å². The van der Waals surface area contributed by atoms with Crippen LogP contribution in [0.1, 0.15) is 154 Å². The van der Waals surface area contributed by atoms with E-state index in [1.807, 2.05) is 64.3 Å². The fourth-order valence-electron chi connectivity index (χ4n) is 5.38. The zero-order valence-electron chi connectivity index (χ0n) is 35.3. The first-order valence-electron chi connectivity index (χ1n) is 21.5. The maximum atomic E-state index is 12.7. The lowest BCUT2D eigenvalue weighted by Gasteiger charge is -2.24. The van der Waals surface area contributed by atoms with Crippen molar-refractivity contribution in [3.05, 3.63) is 0 Å². The highest BCUT2D eigenvalue weighted by atomic mass is 33.1. The van der Waals surface area contributed by atoms with Crippen molar-refractivity contribution in [1.82, 2.24) is 0 Å². The van der Waals surface area contributed by atoms with Crippen molar-refractivity contribution in [2.24, 2.45) is 0 Å². The molecule has 0 saturated heterocycles. The third kappa shape index (κ3) is 43.9. The van der Waals surface area contributed by atoms with Crippen molar-refractivity contribution in [3.63, 3.8) is 0 Å². The highest BCUT2D eigenvalue weighted by molar-refractivity contribution is 8.77. The Bertz CT molecular complexity index is 951. The molecule has 334 valence electrons. The first-order chi connectivity index (χ1) is 27.0. The number of rotatable bonds is 44. The summed E-state index contributed by atoms with van der Waals surface area (Å²) in [7, 11) is 9.05. The number of unbranched alkanes of at least 4 members (excludes halogenated alkanes) is 18. The van der Waals surface area contributed by atoms with Gasteiger partial charge < -0.3 is 29.1 Å². The number of nitrogens with zero attached hydrogens (tertiary/aromatic N) is 1. The minimum Gasteiger partial charge on any atom is -0.462 e. The van der Waals surface area contributed by atoms with E-state index in [-0.39, 0.29) is 26.1 Å². The van der Waals surface area contributed by atoms with Crippen LogP contribution in [-0.2, 0) is 32.7 Å². The second-order valence-corrected chi connectivity index (χ2v) is 22.3. The summed E-state index contributed by atoms with van der Waals surface area (Å²) in [5, 5.41) is 17.7. The topological polar surface area (TPSA) is 149 Å². The van der Waals surface area contributed by atoms with Gasteiger partial charge in [-0.2, -0.15) is 0 Å². The molecule has 0 amide bonds. The van der Waals surface area contributed by atoms with E-state index in [0.29, 0.717) is 37.1 Å². The lowest BCUT2D eigenvalue weighted by atomic mass is 10.1. The number of likely N-dealkylation sites (N-methyl/N-ethyl adjacent to an activating group) is 1. The molecule has 16 heteroatoms. The van der Waals surface area contributed by atoms with Gasteiger partial charge in [-0.3, -0.25) is 18.6 Å². The highest BCUT2D eigenvalue weighted by Gasteiger charge is 2.27. The van der Waals surface area contributed by atoms with E-state index in [9.17, 15) is 19.0 Å². The lowest BCUT2D eigenvalue weighted by molar-refractivity contribution is -0.870. The molecular weight excluding hydrogens is 814 g/mol. The van der Waals surface area contributed by atoms with E-state index in [2.05, 4.69) is 0 Å². The largest absolute Gasteiger partial charge is 0.472 e. The van der Waals surface area contributed by atoms with Crippen LogP contribution in [0.2, 0.25) is 0 Å². The van der Waals surface area contributed by atoms with Gasteiger partial charge in [-0.05, 0) is 51.4 Å². The Morgan fingerprint density at radius 1 is 0.536 bits per heavy atom. The van der Waals surface area contributed by atoms with Gasteiger partial charge in [0, 0.05) is 49.1 Å². The molecule has 0 aromatic rings. The van der Waals surface area contributed by atoms with Crippen LogP contribution >= 0.6 is 51.0 Å². The lowest BCUT2D eigenvalue weighted by Crippen LogP contribution is -2.37. The van der Waals surface area contributed by atoms with Crippen LogP contribution in [0.4, 0.5) is 0 Å². The van der Waals surface area contributed by atoms with Gasteiger partial charge in [-0.25, -0.2) is 4.57 Å². The number of carbonyl (C=O) groups excluding carboxylic acids is 2. The van der Waals surface area contributed by atoms with Crippen molar-refractivity contribution in [2.45, 2.75) is 160 Å². The number of esters is 2. The maximum Gasteiger partial charge on any atom is 0.472 e. The van der Waals surface area contributed by atoms with Crippen LogP contribution in [0, 0.1) is 0 Å². The third-order valence-electron chi connectivity index (χ3n) is 8.82. The summed E-state index contributed by atoms with van der Waals surface area (Å²) in [6.45, 7) is 0.462. The van der Waals surface area contributed by atoms with Crippen LogP contribution < -0.4 is 0 Å². The van der Waals surface area contributed by atoms with E-state index in [1.54, 1.807) is 0 Å². The Morgan fingerprint density at radius 3 is 1.32 bits per heavy atom. The second kappa shape index (κ2) is 40.7. The van der Waals surface area contributed by atoms with Crippen molar-refractivity contribution < 1.29 is 52.3 Å². The van der Waals surface area contributed by atoms with Crippen molar-refractivity contribution in [2.75, 3.05) is 83.7 Å². The molecule has 2 unspecified atom stereocenters. The Kier molecular flexibility index (Phi) is 41.0. The van der Waals surface area contributed by atoms with Gasteiger partial charge in [0.2, 0.25) is 0 Å². The molecule has 2 atom stereocenters. The first kappa shape index (κ1) is 56.3. The Hall–Kier alpha value is 0.330. The molecule has 0 aromatic carbocycles. The number of aliphatic hydroxyl groups is 2. The zero-order valence-corrected chi connectivity index (χ0v) is 39.5. The molecule has 0 radical (unpaired) electrons. The molecule has 0 fully saturated rings. The summed E-state index contributed by atoms with van der Waals surface area (Å²) < 4.78 is 34.2. The van der Waals surface area contributed by atoms with Crippen molar-refractivity contribution >= 4 is 62.9 Å². The molecule has 0 bridgehead atoms. The number of hydrogen-bond donors (Lipinski definition) is 3. The summed E-state index contributed by atoms with van der Waals surface area (Å²) in [5.74, 6) is 3.55. The number of carbonyl (C=O) groups is 2. The average molecular weight is 895 g/mol. The van der Waals surface area contributed by atoms with Gasteiger partial charge >= 0.3 is 19.8 Å². The smallest absolute Gasteiger partial charge is 0.462 e. The monoisotopic (exact) mass is 894 g/mol. The van der Waals surface area contributed by atoms with Gasteiger partial charge in [0.05, 0.1) is 27.7 Å². The molecule has 0 heterocycles. The number of phosphoric ester groups is 1. The van der Waals surface area contributed by atoms with Gasteiger partial charge in [0.15, 0.2) is 6.10 Å². The quantitative estimate of drug-likeness (QED) is 0.0175. The number of phosphoric acid groups is 1. The number of hydrogen-bond acceptors (Lipinski definition) is 13. The molecule has 0 aliphatic rings. The van der Waals surface area contributed by atoms with E-state index in [0.717, 1.165) is 68.6 Å². The molecule has 0 aliphatic carbocycles. The minimum atomic E-state index is -4.39. The summed E-state index contributed by atoms with van der Waals surface area (Å²) in [5.41, 5.74) is 0. The molecule has 0 aliphatic heterocycles. The van der Waals surface area contributed by atoms with Gasteiger partial charge in [-0.1, -0.05) is 133 Å². The van der Waals surface area contributed by atoms with E-state index >= 15 is 0 Å². The Morgan fingerprint density at radius 2 is 0.911 bits per heavy atom. The van der Waals surface area contributed by atoms with Gasteiger partial charge in [0.25, 0.3) is 0 Å². The van der Waals surface area contributed by atoms with Crippen LogP contribution in [-0.4, -0.2) is 121 Å². The number of ether oxygens (including phenoxy) is 2. The average Bonchev–Trinajstić information content (AvgIpc) is 3.15. The first-order valence-corrected chi connectivity index (χ1v) is 27.9. The van der Waals surface area contributed by atoms with Gasteiger partial charge in [-0.15, -0.1) is 0 Å². The fraction of sp³-hybridized carbons (Fsp3) is 0.950. The molecule has 3 N–H and O–H groups in total. The minimum absolute atomic E-state index is 0.0196. The van der Waals surface area contributed by atoms with E-state index in [4.69, 9.17) is 28.7 Å². The molecule has 0 spiro atoms. The maximum absolute atomic E-state index is 12.7. The fourth-order valence-corrected chi connectivity index (χ4v) is 10.7. The Balaban J connectivity index is 4.26. The van der Waals surface area contributed by atoms with Crippen LogP contribution in [0.15, 0.2) is 0 Å². The number of quaternary nitrogens is 1. The predicted octanol–water partition coefficient (Wildman–Crippen LogP) is 10.4. The molecular formula is C40H81NO10PS4+. The molecule has 0 saturated carbocycles. The van der Waals surface area contributed by atoms with Crippen molar-refractivity contribution in [3.8, 4) is 0 Å². The van der Waals surface area contributed by atoms with E-state index < -0.39 is 32.5 Å². The SMILES string of the molecule is C[N+](C)(C)CCOP(=O)(O)OCC(COC(=O)CCCCCSSCCCCCCCCCCO)OC(=O)CCCCCSSCCCCCCCCCCO. The van der Waals surface area contributed by atoms with Crippen LogP contribution in [0.3, 0.4) is 0 Å². The van der Waals surface area contributed by atoms with Crippen LogP contribution in [0.25, 0.3) is 0 Å². The Labute approximate surface area is 357 Å². The summed E-state index contributed by atoms with van der Waals surface area (Å²) in [4.78, 5) is 35.3. The molecule has 11 nitrogen and oxygen atoms in total. The van der Waals surface area contributed by atoms with Crippen molar-refractivity contribution in [1.29, 1.82) is 0 Å². The summed E-state index contributed by atoms with van der Waals surface area (Å²) >= 11 is 0. The second-order valence-electron chi connectivity index (χ2n) is 15.4. The number of aliphatic hydroxyl groups excluding tert-OH is 2. The summed E-state index contributed by atoms with van der Waals surface area (Å²) in [6, 6.07) is 0. The predicted molar refractivity (Wildman–Crippen MR) is 240 cm³/mol. The molecule has 0 aromatic heterocycles. The third-order valence-corrected chi connectivity index (χ3v) is 15.0. The van der Waals surface area contributed by atoms with Gasteiger partial charge in [0.1, 0.15) is 19.8 Å². The highest BCUT2D eigenvalue weighted by Crippen LogP contribution is 2.43. The normalized spacial score (nSPS) is 13.5. The molecule has 0 rings (SSSR count). The molecule has 56 heavy (non-hydrogen) atoms. The standard InChI is InChI=1S/C40H80NO10PS4/c1-41(2,3)28-31-49-52(46,47)50-37-38(51-40(45)27-19-17-25-35-56-54-33-23-15-11-7-5-9-13-21-30-43)36-48-39(44)26-18-16-24-34-55-53-32-22-14-10-6-4-8-12-20-29-42/h38,42-43H,4-37H2,1-3H3/p+1.